The molecular formula is C62H112N6O3. The Labute approximate surface area is 437 Å². The number of carbonyl (C=O) groups is 1. The number of anilines is 1. The highest BCUT2D eigenvalue weighted by Crippen LogP contribution is 2.31. The summed E-state index contributed by atoms with van der Waals surface area (Å²) in [6.45, 7) is 21.5. The fourth-order valence-electron chi connectivity index (χ4n) is 10.6. The van der Waals surface area contributed by atoms with Crippen molar-refractivity contribution in [3.63, 3.8) is 0 Å². The van der Waals surface area contributed by atoms with Crippen molar-refractivity contribution < 1.29 is 14.3 Å². The van der Waals surface area contributed by atoms with E-state index in [1.807, 2.05) is 39.0 Å². The number of fused-ring (bicyclic) bond motifs is 3. The molecule has 0 saturated carbocycles. The molecule has 2 N–H and O–H groups in total. The Hall–Kier alpha value is -2.75. The first-order chi connectivity index (χ1) is 34.7. The Balaban J connectivity index is 1.51. The SMILES string of the molecule is CCCCCCCCCCCCN(CCCCCCCCCCCC)CCCN(CCCCCCCCCCCC)CCCCCC(=O)OC(C)(C)Cn1c(COCC)nc2c(N)nc3ccccc3c21. The number of carbonyl (C=O) groups excluding carboxylic acids is 1. The monoisotopic (exact) mass is 989 g/mol. The van der Waals surface area contributed by atoms with Crippen LogP contribution in [0, 0.1) is 0 Å². The lowest BCUT2D eigenvalue weighted by atomic mass is 10.1. The van der Waals surface area contributed by atoms with Crippen LogP contribution in [0.25, 0.3) is 21.9 Å². The summed E-state index contributed by atoms with van der Waals surface area (Å²) in [5.74, 6) is 1.02. The summed E-state index contributed by atoms with van der Waals surface area (Å²) in [6.07, 6.45) is 46.5. The van der Waals surface area contributed by atoms with E-state index in [0.717, 1.165) is 48.1 Å². The van der Waals surface area contributed by atoms with Crippen molar-refractivity contribution in [1.82, 2.24) is 24.3 Å². The number of rotatable bonds is 49. The van der Waals surface area contributed by atoms with Crippen molar-refractivity contribution in [2.45, 2.75) is 285 Å². The Kier molecular flexibility index (Phi) is 35.8. The number of benzene rings is 1. The average molecular weight is 990 g/mol. The molecule has 0 aliphatic carbocycles. The van der Waals surface area contributed by atoms with E-state index >= 15 is 0 Å². The highest BCUT2D eigenvalue weighted by molar-refractivity contribution is 6.06. The number of ether oxygens (including phenoxy) is 2. The molecule has 408 valence electrons. The van der Waals surface area contributed by atoms with Gasteiger partial charge in [-0.3, -0.25) is 4.79 Å². The van der Waals surface area contributed by atoms with Crippen molar-refractivity contribution in [2.24, 2.45) is 0 Å². The number of unbranched alkanes of at least 4 members (excludes halogenated alkanes) is 29. The molecule has 3 rings (SSSR count). The van der Waals surface area contributed by atoms with E-state index in [9.17, 15) is 4.79 Å². The van der Waals surface area contributed by atoms with Crippen molar-refractivity contribution in [3.05, 3.63) is 30.1 Å². The van der Waals surface area contributed by atoms with Gasteiger partial charge in [-0.05, 0) is 105 Å². The second-order valence-electron chi connectivity index (χ2n) is 22.1. The lowest BCUT2D eigenvalue weighted by molar-refractivity contribution is -0.157. The fourth-order valence-corrected chi connectivity index (χ4v) is 10.6. The summed E-state index contributed by atoms with van der Waals surface area (Å²) in [5.41, 5.74) is 8.07. The van der Waals surface area contributed by atoms with Gasteiger partial charge in [0.05, 0.1) is 17.6 Å². The van der Waals surface area contributed by atoms with Crippen LogP contribution in [0.1, 0.15) is 272 Å². The maximum Gasteiger partial charge on any atom is 0.306 e. The van der Waals surface area contributed by atoms with Gasteiger partial charge in [0.2, 0.25) is 0 Å². The standard InChI is InChI=1S/C62H112N6O3/c1-7-11-14-17-20-23-26-29-32-39-47-66(48-40-33-30-27-24-21-18-15-12-8-2)51-43-52-67(49-41-34-31-28-25-22-19-16-13-9-3)50-42-35-36-46-58(69)71-62(5,6)54-68-57(53-70-10-4)65-59-60(68)55-44-37-38-45-56(55)64-61(59)63/h37-38,44-45H,7-36,39-43,46-54H2,1-6H3,(H2,63,64). The molecular weight excluding hydrogens is 877 g/mol. The second-order valence-corrected chi connectivity index (χ2v) is 22.1. The maximum atomic E-state index is 13.4. The van der Waals surface area contributed by atoms with Gasteiger partial charge in [0.25, 0.3) is 0 Å². The fraction of sp³-hybridized carbons (Fsp3) is 0.823. The van der Waals surface area contributed by atoms with Gasteiger partial charge in [-0.15, -0.1) is 0 Å². The van der Waals surface area contributed by atoms with Gasteiger partial charge in [-0.2, -0.15) is 0 Å². The Morgan fingerprint density at radius 2 is 0.930 bits per heavy atom. The van der Waals surface area contributed by atoms with Crippen LogP contribution in [0.15, 0.2) is 24.3 Å². The zero-order valence-electron chi connectivity index (χ0n) is 47.5. The van der Waals surface area contributed by atoms with Crippen molar-refractivity contribution in [1.29, 1.82) is 0 Å². The zero-order chi connectivity index (χ0) is 51.0. The molecule has 0 amide bonds. The third kappa shape index (κ3) is 28.5. The molecule has 9 heteroatoms. The summed E-state index contributed by atoms with van der Waals surface area (Å²) in [6, 6.07) is 8.01. The van der Waals surface area contributed by atoms with E-state index in [1.54, 1.807) is 0 Å². The summed E-state index contributed by atoms with van der Waals surface area (Å²) < 4.78 is 14.2. The number of hydrogen-bond donors (Lipinski definition) is 1. The Morgan fingerprint density at radius 3 is 1.37 bits per heavy atom. The summed E-state index contributed by atoms with van der Waals surface area (Å²) in [7, 11) is 0. The number of hydrogen-bond acceptors (Lipinski definition) is 8. The van der Waals surface area contributed by atoms with Crippen LogP contribution < -0.4 is 5.73 Å². The van der Waals surface area contributed by atoms with Gasteiger partial charge in [0, 0.05) is 18.4 Å². The van der Waals surface area contributed by atoms with Gasteiger partial charge >= 0.3 is 5.97 Å². The van der Waals surface area contributed by atoms with E-state index in [1.165, 1.54) is 232 Å². The van der Waals surface area contributed by atoms with Crippen LogP contribution in [0.5, 0.6) is 0 Å². The van der Waals surface area contributed by atoms with Crippen molar-refractivity contribution in [2.75, 3.05) is 51.6 Å². The minimum absolute atomic E-state index is 0.135. The maximum absolute atomic E-state index is 13.4. The van der Waals surface area contributed by atoms with E-state index in [0.29, 0.717) is 37.5 Å². The minimum Gasteiger partial charge on any atom is -0.458 e. The molecule has 1 aromatic carbocycles. The Bertz CT molecular complexity index is 1720. The third-order valence-corrected chi connectivity index (χ3v) is 14.8. The lowest BCUT2D eigenvalue weighted by Gasteiger charge is -2.27. The molecule has 0 atom stereocenters. The molecule has 71 heavy (non-hydrogen) atoms. The average Bonchev–Trinajstić information content (AvgIpc) is 3.71. The minimum atomic E-state index is -0.758. The van der Waals surface area contributed by atoms with Gasteiger partial charge in [0.1, 0.15) is 23.5 Å². The normalized spacial score (nSPS) is 12.2. The summed E-state index contributed by atoms with van der Waals surface area (Å²) >= 11 is 0. The van der Waals surface area contributed by atoms with E-state index in [2.05, 4.69) is 46.2 Å². The van der Waals surface area contributed by atoms with Gasteiger partial charge in [-0.1, -0.05) is 219 Å². The van der Waals surface area contributed by atoms with E-state index in [-0.39, 0.29) is 5.97 Å². The molecule has 2 aromatic heterocycles. The van der Waals surface area contributed by atoms with E-state index in [4.69, 9.17) is 20.2 Å². The number of pyridine rings is 1. The predicted molar refractivity (Wildman–Crippen MR) is 306 cm³/mol. The van der Waals surface area contributed by atoms with Crippen LogP contribution in [0.4, 0.5) is 5.82 Å². The van der Waals surface area contributed by atoms with Crippen LogP contribution in [0.3, 0.4) is 0 Å². The summed E-state index contributed by atoms with van der Waals surface area (Å²) in [4.78, 5) is 28.6. The van der Waals surface area contributed by atoms with Gasteiger partial charge < -0.3 is 29.6 Å². The first kappa shape index (κ1) is 62.5. The number of nitrogens with two attached hydrogens (primary N) is 1. The molecule has 0 spiro atoms. The smallest absolute Gasteiger partial charge is 0.306 e. The zero-order valence-corrected chi connectivity index (χ0v) is 47.5. The van der Waals surface area contributed by atoms with E-state index < -0.39 is 5.60 Å². The topological polar surface area (TPSA) is 98.7 Å². The number of imidazole rings is 1. The highest BCUT2D eigenvalue weighted by atomic mass is 16.6. The molecule has 0 fully saturated rings. The Morgan fingerprint density at radius 1 is 0.535 bits per heavy atom. The van der Waals surface area contributed by atoms with Gasteiger partial charge in [0.15, 0.2) is 5.82 Å². The quantitative estimate of drug-likeness (QED) is 0.0441. The molecule has 0 bridgehead atoms. The number of nitrogens with zero attached hydrogens (tertiary/aromatic N) is 5. The lowest BCUT2D eigenvalue weighted by Crippen LogP contribution is -2.34. The third-order valence-electron chi connectivity index (χ3n) is 14.8. The van der Waals surface area contributed by atoms with Crippen LogP contribution in [-0.2, 0) is 27.4 Å². The number of aromatic nitrogens is 3. The number of para-hydroxylation sites is 1. The number of esters is 1. The number of nitrogen functional groups attached to an aromatic ring is 1. The molecule has 0 unspecified atom stereocenters. The highest BCUT2D eigenvalue weighted by Gasteiger charge is 2.28. The largest absolute Gasteiger partial charge is 0.458 e. The van der Waals surface area contributed by atoms with Gasteiger partial charge in [-0.25, -0.2) is 9.97 Å². The molecule has 0 aliphatic rings. The first-order valence-corrected chi connectivity index (χ1v) is 30.5. The molecule has 3 aromatic rings. The summed E-state index contributed by atoms with van der Waals surface area (Å²) in [5, 5.41) is 0.974. The first-order valence-electron chi connectivity index (χ1n) is 30.5. The van der Waals surface area contributed by atoms with Crippen LogP contribution in [-0.4, -0.2) is 81.8 Å². The molecule has 0 saturated heterocycles. The van der Waals surface area contributed by atoms with Crippen molar-refractivity contribution >= 4 is 33.7 Å². The predicted octanol–water partition coefficient (Wildman–Crippen LogP) is 17.3. The molecule has 0 aliphatic heterocycles. The molecule has 9 nitrogen and oxygen atoms in total. The van der Waals surface area contributed by atoms with Crippen LogP contribution >= 0.6 is 0 Å². The second kappa shape index (κ2) is 40.6. The van der Waals surface area contributed by atoms with Crippen LogP contribution in [0.2, 0.25) is 0 Å². The molecule has 2 heterocycles. The molecule has 0 radical (unpaired) electrons. The van der Waals surface area contributed by atoms with Crippen molar-refractivity contribution in [3.8, 4) is 0 Å².